The Morgan fingerprint density at radius 1 is 1.06 bits per heavy atom. The van der Waals surface area contributed by atoms with E-state index in [1.165, 1.54) is 5.82 Å². The van der Waals surface area contributed by atoms with Gasteiger partial charge in [0, 0.05) is 0 Å². The van der Waals surface area contributed by atoms with Crippen molar-refractivity contribution in [1.82, 2.24) is 24.2 Å². The lowest BCUT2D eigenvalue weighted by molar-refractivity contribution is -0.190. The molecule has 0 saturated carbocycles. The summed E-state index contributed by atoms with van der Waals surface area (Å²) in [5, 5.41) is 2.20. The van der Waals surface area contributed by atoms with Crippen molar-refractivity contribution < 1.29 is 17.0 Å². The van der Waals surface area contributed by atoms with Crippen molar-refractivity contribution >= 4 is 17.2 Å². The van der Waals surface area contributed by atoms with Crippen molar-refractivity contribution in [3.8, 4) is 0 Å². The third kappa shape index (κ3) is 1.47. The van der Waals surface area contributed by atoms with Crippen molar-refractivity contribution in [2.24, 2.45) is 0 Å². The molecule has 4 aliphatic rings. The zero-order valence-corrected chi connectivity index (χ0v) is 11.3. The predicted molar refractivity (Wildman–Crippen MR) is 58.6 cm³/mol. The van der Waals surface area contributed by atoms with Gasteiger partial charge in [-0.1, -0.05) is 0 Å². The highest BCUT2D eigenvalue weighted by Gasteiger charge is 2.50. The fourth-order valence-electron chi connectivity index (χ4n) is 3.19. The molecule has 0 aliphatic carbocycles. The van der Waals surface area contributed by atoms with Crippen molar-refractivity contribution in [1.29, 1.82) is 0 Å². The lowest BCUT2D eigenvalue weighted by atomic mass is 10.3. The lowest BCUT2D eigenvalue weighted by Gasteiger charge is -2.59. The first kappa shape index (κ1) is 11.1. The van der Waals surface area contributed by atoms with Crippen LogP contribution in [0.25, 0.3) is 0 Å². The van der Waals surface area contributed by atoms with Crippen molar-refractivity contribution in [2.75, 3.05) is 40.0 Å². The van der Waals surface area contributed by atoms with Gasteiger partial charge >= 0.3 is 0 Å². The Kier molecular flexibility index (Phi) is 2.58. The van der Waals surface area contributed by atoms with Crippen LogP contribution in [0.5, 0.6) is 0 Å². The molecule has 0 N–H and O–H groups in total. The van der Waals surface area contributed by atoms with Gasteiger partial charge in [0.1, 0.15) is 20.0 Å². The first-order chi connectivity index (χ1) is 7.34. The number of aromatic nitrogens is 1. The van der Waals surface area contributed by atoms with Crippen LogP contribution in [0, 0.1) is 0 Å². The molecule has 4 saturated heterocycles. The summed E-state index contributed by atoms with van der Waals surface area (Å²) in [4.78, 5) is 12.0. The van der Waals surface area contributed by atoms with E-state index in [0.717, 1.165) is 44.5 Å². The van der Waals surface area contributed by atoms with Gasteiger partial charge < -0.3 is 17.0 Å². The summed E-state index contributed by atoms with van der Waals surface area (Å²) in [7, 11) is 0. The molecule has 4 fully saturated rings. The number of quaternary nitrogens is 1. The summed E-state index contributed by atoms with van der Waals surface area (Å²) < 4.78 is 1.02. The second kappa shape index (κ2) is 3.72. The monoisotopic (exact) mass is 303 g/mol. The van der Waals surface area contributed by atoms with Crippen LogP contribution in [-0.4, -0.2) is 59.7 Å². The van der Waals surface area contributed by atoms with Gasteiger partial charge in [-0.25, -0.2) is 19.2 Å². The van der Waals surface area contributed by atoms with Gasteiger partial charge in [-0.2, -0.15) is 4.98 Å². The first-order valence-corrected chi connectivity index (χ1v) is 6.20. The number of thiazole rings is 1. The molecule has 5 rings (SSSR count). The first-order valence-electron chi connectivity index (χ1n) is 5.26. The molecule has 0 spiro atoms. The summed E-state index contributed by atoms with van der Waals surface area (Å²) in [5.41, 5.74) is 1.95. The molecule has 16 heavy (non-hydrogen) atoms. The maximum atomic E-state index is 4.52. The number of hydrogen-bond acceptors (Lipinski definition) is 5. The molecule has 4 bridgehead atoms. The molecule has 1 aromatic heterocycles. The fourth-order valence-corrected chi connectivity index (χ4v) is 3.83. The van der Waals surface area contributed by atoms with Crippen LogP contribution in [0.1, 0.15) is 0 Å². The summed E-state index contributed by atoms with van der Waals surface area (Å²) >= 11 is 1.71. The van der Waals surface area contributed by atoms with Crippen LogP contribution in [0.3, 0.4) is 0 Å². The van der Waals surface area contributed by atoms with Gasteiger partial charge in [0.05, 0.1) is 30.9 Å². The highest BCUT2D eigenvalue weighted by molar-refractivity contribution is 7.07. The van der Waals surface area contributed by atoms with E-state index in [-0.39, 0.29) is 17.0 Å². The van der Waals surface area contributed by atoms with Crippen molar-refractivity contribution in [3.63, 3.8) is 0 Å². The highest BCUT2D eigenvalue weighted by Crippen LogP contribution is 2.33. The molecule has 0 unspecified atom stereocenters. The van der Waals surface area contributed by atoms with Crippen LogP contribution in [0.4, 0.5) is 5.82 Å². The number of rotatable bonds is 1. The van der Waals surface area contributed by atoms with Gasteiger partial charge in [-0.05, 0) is 0 Å². The SMILES string of the molecule is [Br-].c1nc([N+]23CN4CN(CN(C4)C2)C3)cs1. The van der Waals surface area contributed by atoms with E-state index in [1.54, 1.807) is 11.3 Å². The lowest BCUT2D eigenvalue weighted by Crippen LogP contribution is -3.00. The van der Waals surface area contributed by atoms with Gasteiger partial charge in [0.2, 0.25) is 5.82 Å². The Morgan fingerprint density at radius 2 is 1.62 bits per heavy atom. The molecule has 4 aliphatic heterocycles. The van der Waals surface area contributed by atoms with E-state index in [4.69, 9.17) is 0 Å². The van der Waals surface area contributed by atoms with Crippen LogP contribution in [0.2, 0.25) is 0 Å². The zero-order chi connectivity index (χ0) is 9.88. The summed E-state index contributed by atoms with van der Waals surface area (Å²) in [5.74, 6) is 1.25. The van der Waals surface area contributed by atoms with Crippen LogP contribution >= 0.6 is 11.3 Å². The summed E-state index contributed by atoms with van der Waals surface area (Å²) in [6.45, 7) is 6.83. The number of halogens is 1. The minimum absolute atomic E-state index is 0. The van der Waals surface area contributed by atoms with E-state index in [1.807, 2.05) is 5.51 Å². The molecule has 1 aromatic rings. The Hall–Kier alpha value is -0.0500. The Bertz CT molecular complexity index is 346. The quantitative estimate of drug-likeness (QED) is 0.521. The predicted octanol–water partition coefficient (Wildman–Crippen LogP) is -2.85. The summed E-state index contributed by atoms with van der Waals surface area (Å²) in [6, 6.07) is 0. The Morgan fingerprint density at radius 3 is 2.06 bits per heavy atom. The third-order valence-electron chi connectivity index (χ3n) is 3.52. The number of nitrogens with zero attached hydrogens (tertiary/aromatic N) is 5. The van der Waals surface area contributed by atoms with Gasteiger partial charge in [-0.15, -0.1) is 11.3 Å². The van der Waals surface area contributed by atoms with Gasteiger partial charge in [0.15, 0.2) is 0 Å². The molecule has 0 atom stereocenters. The maximum absolute atomic E-state index is 4.52. The van der Waals surface area contributed by atoms with Gasteiger partial charge in [-0.3, -0.25) is 0 Å². The minimum Gasteiger partial charge on any atom is -1.00 e. The second-order valence-corrected chi connectivity index (χ2v) is 5.57. The molecular weight excluding hydrogens is 290 g/mol. The van der Waals surface area contributed by atoms with E-state index in [9.17, 15) is 0 Å². The van der Waals surface area contributed by atoms with Gasteiger partial charge in [0.25, 0.3) is 0 Å². The standard InChI is InChI=1S/C9H14N5S.BrH/c1-9(10-2-15-1)14-6-11-3-12(7-14)5-13(4-11)8-14;/h1-2H,3-8H2;1H/q+1;/p-1. The zero-order valence-electron chi connectivity index (χ0n) is 8.92. The molecule has 0 radical (unpaired) electrons. The fraction of sp³-hybridized carbons (Fsp3) is 0.667. The minimum atomic E-state index is 0. The number of hydrogen-bond donors (Lipinski definition) is 0. The second-order valence-electron chi connectivity index (χ2n) is 4.85. The average molecular weight is 304 g/mol. The molecular formula is C9H14BrN5S. The topological polar surface area (TPSA) is 22.6 Å². The van der Waals surface area contributed by atoms with Crippen molar-refractivity contribution in [2.45, 2.75) is 0 Å². The van der Waals surface area contributed by atoms with Crippen LogP contribution in [-0.2, 0) is 0 Å². The Balaban J connectivity index is 0.000000810. The maximum Gasteiger partial charge on any atom is 0.241 e. The average Bonchev–Trinajstić information content (AvgIpc) is 2.67. The van der Waals surface area contributed by atoms with E-state index < -0.39 is 0 Å². The third-order valence-corrected chi connectivity index (χ3v) is 4.09. The van der Waals surface area contributed by atoms with Crippen LogP contribution < -0.4 is 21.5 Å². The Labute approximate surface area is 109 Å². The molecule has 0 amide bonds. The van der Waals surface area contributed by atoms with E-state index in [0.29, 0.717) is 0 Å². The highest BCUT2D eigenvalue weighted by atomic mass is 79.9. The van der Waals surface area contributed by atoms with Crippen LogP contribution in [0.15, 0.2) is 10.9 Å². The van der Waals surface area contributed by atoms with E-state index >= 15 is 0 Å². The molecule has 0 aromatic carbocycles. The molecule has 7 heteroatoms. The normalized spacial score (nSPS) is 44.4. The summed E-state index contributed by atoms with van der Waals surface area (Å²) in [6.07, 6.45) is 0. The molecule has 5 nitrogen and oxygen atoms in total. The largest absolute Gasteiger partial charge is 1.00 e. The van der Waals surface area contributed by atoms with Crippen molar-refractivity contribution in [3.05, 3.63) is 10.9 Å². The van der Waals surface area contributed by atoms with E-state index in [2.05, 4.69) is 25.1 Å². The smallest absolute Gasteiger partial charge is 0.241 e. The molecule has 5 heterocycles. The molecule has 88 valence electrons.